The van der Waals surface area contributed by atoms with Crippen molar-refractivity contribution in [2.75, 3.05) is 0 Å². The number of phenolic OH excluding ortho intramolecular Hbond substituents is 1. The predicted octanol–water partition coefficient (Wildman–Crippen LogP) is 4.64. The van der Waals surface area contributed by atoms with Gasteiger partial charge in [-0.05, 0) is 29.8 Å². The van der Waals surface area contributed by atoms with Crippen molar-refractivity contribution in [3.63, 3.8) is 0 Å². The van der Waals surface area contributed by atoms with E-state index in [-0.39, 0.29) is 23.1 Å². The summed E-state index contributed by atoms with van der Waals surface area (Å²) in [5.74, 6) is -0.338. The van der Waals surface area contributed by atoms with Crippen molar-refractivity contribution in [2.45, 2.75) is 12.8 Å². The van der Waals surface area contributed by atoms with Gasteiger partial charge < -0.3 is 9.84 Å². The fourth-order valence-corrected chi connectivity index (χ4v) is 1.83. The highest BCUT2D eigenvalue weighted by Crippen LogP contribution is 2.36. The third-order valence-electron chi connectivity index (χ3n) is 2.60. The van der Waals surface area contributed by atoms with Crippen molar-refractivity contribution in [3.8, 4) is 11.5 Å². The Morgan fingerprint density at radius 1 is 1.10 bits per heavy atom. The predicted molar refractivity (Wildman–Crippen MR) is 68.9 cm³/mol. The molecular formula is C14H10ClF3O2. The van der Waals surface area contributed by atoms with Crippen LogP contribution in [-0.2, 0) is 12.8 Å². The van der Waals surface area contributed by atoms with E-state index < -0.39 is 11.7 Å². The molecule has 0 atom stereocenters. The maximum Gasteiger partial charge on any atom is 0.419 e. The summed E-state index contributed by atoms with van der Waals surface area (Å²) in [6, 6.07) is 9.30. The number of alkyl halides is 3. The highest BCUT2D eigenvalue weighted by molar-refractivity contribution is 6.32. The Morgan fingerprint density at radius 3 is 2.45 bits per heavy atom. The van der Waals surface area contributed by atoms with Crippen molar-refractivity contribution in [2.24, 2.45) is 0 Å². The minimum atomic E-state index is -4.47. The molecule has 20 heavy (non-hydrogen) atoms. The van der Waals surface area contributed by atoms with Crippen LogP contribution in [0.25, 0.3) is 0 Å². The molecule has 0 fully saturated rings. The van der Waals surface area contributed by atoms with Gasteiger partial charge in [-0.1, -0.05) is 29.8 Å². The van der Waals surface area contributed by atoms with Crippen LogP contribution in [0.3, 0.4) is 0 Å². The second kappa shape index (κ2) is 5.63. The minimum absolute atomic E-state index is 0.0763. The Kier molecular flexibility index (Phi) is 4.09. The van der Waals surface area contributed by atoms with Gasteiger partial charge >= 0.3 is 6.18 Å². The van der Waals surface area contributed by atoms with Gasteiger partial charge in [0.1, 0.15) is 18.1 Å². The Bertz CT molecular complexity index is 612. The first-order valence-corrected chi connectivity index (χ1v) is 6.02. The molecule has 0 amide bonds. The van der Waals surface area contributed by atoms with Gasteiger partial charge in [0.15, 0.2) is 0 Å². The average molecular weight is 303 g/mol. The summed E-state index contributed by atoms with van der Waals surface area (Å²) in [5.41, 5.74) is -0.269. The number of rotatable bonds is 3. The smallest absolute Gasteiger partial charge is 0.419 e. The van der Waals surface area contributed by atoms with Crippen LogP contribution >= 0.6 is 11.6 Å². The quantitative estimate of drug-likeness (QED) is 0.894. The van der Waals surface area contributed by atoms with Gasteiger partial charge in [0.2, 0.25) is 0 Å². The van der Waals surface area contributed by atoms with Crippen LogP contribution < -0.4 is 4.74 Å². The second-order valence-corrected chi connectivity index (χ2v) is 4.48. The molecule has 0 spiro atoms. The highest BCUT2D eigenvalue weighted by Gasteiger charge is 2.33. The van der Waals surface area contributed by atoms with Crippen molar-refractivity contribution in [1.29, 1.82) is 0 Å². The lowest BCUT2D eigenvalue weighted by molar-refractivity contribution is -0.139. The van der Waals surface area contributed by atoms with Crippen molar-refractivity contribution in [1.82, 2.24) is 0 Å². The molecule has 1 N–H and O–H groups in total. The SMILES string of the molecule is Oc1ccc(COc2ccccc2C(F)(F)F)cc1Cl. The minimum Gasteiger partial charge on any atom is -0.506 e. The van der Waals surface area contributed by atoms with E-state index >= 15 is 0 Å². The molecule has 0 aliphatic heterocycles. The van der Waals surface area contributed by atoms with Crippen LogP contribution in [0.2, 0.25) is 5.02 Å². The molecule has 2 aromatic rings. The molecule has 0 aliphatic carbocycles. The molecule has 0 unspecified atom stereocenters. The summed E-state index contributed by atoms with van der Waals surface area (Å²) < 4.78 is 43.5. The van der Waals surface area contributed by atoms with Gasteiger partial charge in [-0.3, -0.25) is 0 Å². The molecule has 2 nitrogen and oxygen atoms in total. The van der Waals surface area contributed by atoms with Crippen LogP contribution in [0.1, 0.15) is 11.1 Å². The van der Waals surface area contributed by atoms with Gasteiger partial charge in [0.25, 0.3) is 0 Å². The molecule has 2 rings (SSSR count). The zero-order chi connectivity index (χ0) is 14.8. The van der Waals surface area contributed by atoms with Crippen LogP contribution in [0, 0.1) is 0 Å². The molecule has 0 bridgehead atoms. The number of aromatic hydroxyl groups is 1. The second-order valence-electron chi connectivity index (χ2n) is 4.07. The maximum atomic E-state index is 12.8. The molecule has 2 aromatic carbocycles. The van der Waals surface area contributed by atoms with Gasteiger partial charge in [0.05, 0.1) is 10.6 Å². The van der Waals surface area contributed by atoms with Crippen LogP contribution in [-0.4, -0.2) is 5.11 Å². The van der Waals surface area contributed by atoms with Crippen LogP contribution in [0.4, 0.5) is 13.2 Å². The molecule has 0 saturated heterocycles. The lowest BCUT2D eigenvalue weighted by Gasteiger charge is -2.13. The molecule has 0 heterocycles. The molecule has 0 saturated carbocycles. The Hall–Kier alpha value is -1.88. The summed E-state index contributed by atoms with van der Waals surface area (Å²) in [6.45, 7) is -0.0763. The number of ether oxygens (including phenoxy) is 1. The number of benzene rings is 2. The molecule has 0 aliphatic rings. The molecule has 6 heteroatoms. The first kappa shape index (κ1) is 14.5. The van der Waals surface area contributed by atoms with E-state index in [2.05, 4.69) is 0 Å². The third kappa shape index (κ3) is 3.36. The number of para-hydroxylation sites is 1. The summed E-state index contributed by atoms with van der Waals surface area (Å²) in [5, 5.41) is 9.38. The van der Waals surface area contributed by atoms with E-state index in [9.17, 15) is 18.3 Å². The topological polar surface area (TPSA) is 29.5 Å². The highest BCUT2D eigenvalue weighted by atomic mass is 35.5. The fourth-order valence-electron chi connectivity index (χ4n) is 1.63. The van der Waals surface area contributed by atoms with Gasteiger partial charge in [-0.25, -0.2) is 0 Å². The lowest BCUT2D eigenvalue weighted by Crippen LogP contribution is -2.08. The van der Waals surface area contributed by atoms with Crippen molar-refractivity contribution < 1.29 is 23.0 Å². The van der Waals surface area contributed by atoms with E-state index in [4.69, 9.17) is 16.3 Å². The number of halogens is 4. The molecule has 0 aromatic heterocycles. The van der Waals surface area contributed by atoms with Crippen molar-refractivity contribution >= 4 is 11.6 Å². The van der Waals surface area contributed by atoms with Gasteiger partial charge in [-0.2, -0.15) is 13.2 Å². The van der Waals surface area contributed by atoms with Crippen LogP contribution in [0.15, 0.2) is 42.5 Å². The summed E-state index contributed by atoms with van der Waals surface area (Å²) in [7, 11) is 0. The fraction of sp³-hybridized carbons (Fsp3) is 0.143. The summed E-state index contributed by atoms with van der Waals surface area (Å²) in [4.78, 5) is 0. The standard InChI is InChI=1S/C14H10ClF3O2/c15-11-7-9(5-6-12(11)19)8-20-13-4-2-1-3-10(13)14(16,17)18/h1-7,19H,8H2. The Balaban J connectivity index is 2.17. The molecule has 106 valence electrons. The zero-order valence-electron chi connectivity index (χ0n) is 10.1. The number of phenols is 1. The largest absolute Gasteiger partial charge is 0.506 e. The third-order valence-corrected chi connectivity index (χ3v) is 2.90. The van der Waals surface area contributed by atoms with E-state index in [0.717, 1.165) is 6.07 Å². The number of hydrogen-bond acceptors (Lipinski definition) is 2. The normalized spacial score (nSPS) is 11.4. The lowest BCUT2D eigenvalue weighted by atomic mass is 10.2. The first-order chi connectivity index (χ1) is 9.38. The van der Waals surface area contributed by atoms with Crippen molar-refractivity contribution in [3.05, 3.63) is 58.6 Å². The first-order valence-electron chi connectivity index (χ1n) is 5.64. The summed E-state index contributed by atoms with van der Waals surface area (Å²) in [6.07, 6.45) is -4.47. The molecule has 0 radical (unpaired) electrons. The van der Waals surface area contributed by atoms with E-state index in [0.29, 0.717) is 5.56 Å². The summed E-state index contributed by atoms with van der Waals surface area (Å²) >= 11 is 5.71. The monoisotopic (exact) mass is 302 g/mol. The maximum absolute atomic E-state index is 12.8. The zero-order valence-corrected chi connectivity index (χ0v) is 10.9. The average Bonchev–Trinajstić information content (AvgIpc) is 2.39. The van der Waals surface area contributed by atoms with E-state index in [1.807, 2.05) is 0 Å². The van der Waals surface area contributed by atoms with Gasteiger partial charge in [-0.15, -0.1) is 0 Å². The molecular weight excluding hydrogens is 293 g/mol. The van der Waals surface area contributed by atoms with Crippen LogP contribution in [0.5, 0.6) is 11.5 Å². The Labute approximate surface area is 118 Å². The Morgan fingerprint density at radius 2 is 1.80 bits per heavy atom. The van der Waals surface area contributed by atoms with E-state index in [1.165, 1.54) is 36.4 Å². The van der Waals surface area contributed by atoms with E-state index in [1.54, 1.807) is 0 Å². The van der Waals surface area contributed by atoms with Gasteiger partial charge in [0, 0.05) is 0 Å². The number of hydrogen-bond donors (Lipinski definition) is 1.